The zero-order valence-electron chi connectivity index (χ0n) is 21.4. The van der Waals surface area contributed by atoms with Gasteiger partial charge in [0.05, 0.1) is 30.4 Å². The molecule has 36 heavy (non-hydrogen) atoms. The number of carbonyl (C=O) groups excluding carboxylic acids is 1. The quantitative estimate of drug-likeness (QED) is 0.323. The van der Waals surface area contributed by atoms with Gasteiger partial charge in [0.1, 0.15) is 5.75 Å². The van der Waals surface area contributed by atoms with Crippen LogP contribution in [0.1, 0.15) is 57.2 Å². The molecule has 0 spiro atoms. The molecule has 0 radical (unpaired) electrons. The summed E-state index contributed by atoms with van der Waals surface area (Å²) in [6, 6.07) is 7.88. The van der Waals surface area contributed by atoms with Crippen LogP contribution >= 0.6 is 0 Å². The minimum atomic E-state index is -0.00492. The molecule has 1 amide bonds. The van der Waals surface area contributed by atoms with E-state index in [9.17, 15) is 4.79 Å². The third kappa shape index (κ3) is 5.67. The summed E-state index contributed by atoms with van der Waals surface area (Å²) in [5.74, 6) is 1.17. The van der Waals surface area contributed by atoms with Gasteiger partial charge in [-0.05, 0) is 38.7 Å². The van der Waals surface area contributed by atoms with Gasteiger partial charge >= 0.3 is 0 Å². The fourth-order valence-electron chi connectivity index (χ4n) is 4.15. The largest absolute Gasteiger partial charge is 0.494 e. The van der Waals surface area contributed by atoms with Crippen LogP contribution in [-0.2, 0) is 4.79 Å². The van der Waals surface area contributed by atoms with Crippen LogP contribution in [0.5, 0.6) is 5.75 Å². The van der Waals surface area contributed by atoms with Gasteiger partial charge in [0, 0.05) is 41.6 Å². The number of nitrogens with one attached hydrogen (secondary N) is 2. The SMILES string of the molecule is CCCC(CC)N=C/C(=C\N)c1cccc(Nc2cc(NC(=O)C3CC3)nn3cc(C)nc23)c1OC. The van der Waals surface area contributed by atoms with Gasteiger partial charge in [-0.2, -0.15) is 0 Å². The van der Waals surface area contributed by atoms with Crippen molar-refractivity contribution in [1.29, 1.82) is 0 Å². The summed E-state index contributed by atoms with van der Waals surface area (Å²) in [6.45, 7) is 6.21. The number of carbonyl (C=O) groups is 1. The maximum absolute atomic E-state index is 12.4. The van der Waals surface area contributed by atoms with Gasteiger partial charge in [0.25, 0.3) is 0 Å². The summed E-state index contributed by atoms with van der Waals surface area (Å²) in [4.78, 5) is 21.7. The molecule has 2 heterocycles. The Morgan fingerprint density at radius 2 is 2.14 bits per heavy atom. The number of hydrogen-bond acceptors (Lipinski definition) is 7. The van der Waals surface area contributed by atoms with E-state index in [0.29, 0.717) is 22.9 Å². The molecule has 0 bridgehead atoms. The summed E-state index contributed by atoms with van der Waals surface area (Å²) in [6.07, 6.45) is 10.1. The molecule has 1 unspecified atom stereocenters. The first-order valence-electron chi connectivity index (χ1n) is 12.5. The molecule has 1 aliphatic rings. The Hall–Kier alpha value is -3.88. The number of nitrogens with two attached hydrogens (primary N) is 1. The second kappa shape index (κ2) is 11.2. The fraction of sp³-hybridized carbons (Fsp3) is 0.407. The van der Waals surface area contributed by atoms with E-state index in [1.54, 1.807) is 23.9 Å². The Bertz CT molecular complexity index is 1290. The highest BCUT2D eigenvalue weighted by Crippen LogP contribution is 2.36. The van der Waals surface area contributed by atoms with Gasteiger partial charge in [0.2, 0.25) is 5.91 Å². The zero-order chi connectivity index (χ0) is 25.7. The highest BCUT2D eigenvalue weighted by molar-refractivity contribution is 6.11. The Kier molecular flexibility index (Phi) is 7.87. The molecule has 4 rings (SSSR count). The maximum atomic E-state index is 12.4. The van der Waals surface area contributed by atoms with E-state index in [1.165, 1.54) is 0 Å². The Balaban J connectivity index is 1.69. The maximum Gasteiger partial charge on any atom is 0.228 e. The number of amides is 1. The monoisotopic (exact) mass is 489 g/mol. The summed E-state index contributed by atoms with van der Waals surface area (Å²) in [5, 5.41) is 10.9. The molecular formula is C27H35N7O2. The molecule has 1 atom stereocenters. The highest BCUT2D eigenvalue weighted by Gasteiger charge is 2.30. The first-order valence-corrected chi connectivity index (χ1v) is 12.5. The number of aryl methyl sites for hydroxylation is 1. The second-order valence-electron chi connectivity index (χ2n) is 9.12. The van der Waals surface area contributed by atoms with Crippen molar-refractivity contribution < 1.29 is 9.53 Å². The molecule has 2 aromatic heterocycles. The van der Waals surface area contributed by atoms with Crippen molar-refractivity contribution in [2.24, 2.45) is 16.6 Å². The molecule has 1 aliphatic carbocycles. The average molecular weight is 490 g/mol. The lowest BCUT2D eigenvalue weighted by Gasteiger charge is -2.17. The molecule has 190 valence electrons. The topological polar surface area (TPSA) is 119 Å². The molecule has 1 saturated carbocycles. The van der Waals surface area contributed by atoms with E-state index >= 15 is 0 Å². The number of para-hydroxylation sites is 1. The summed E-state index contributed by atoms with van der Waals surface area (Å²) in [5.41, 5.74) is 10.5. The number of aliphatic imine (C=N–C) groups is 1. The van der Waals surface area contributed by atoms with Crippen molar-refractivity contribution in [2.45, 2.75) is 58.9 Å². The van der Waals surface area contributed by atoms with Crippen LogP contribution in [0.4, 0.5) is 17.2 Å². The molecule has 9 nitrogen and oxygen atoms in total. The van der Waals surface area contributed by atoms with Crippen LogP contribution in [-0.4, -0.2) is 39.9 Å². The van der Waals surface area contributed by atoms with Gasteiger partial charge in [-0.3, -0.25) is 9.79 Å². The van der Waals surface area contributed by atoms with E-state index in [2.05, 4.69) is 34.6 Å². The second-order valence-corrected chi connectivity index (χ2v) is 9.12. The van der Waals surface area contributed by atoms with Crippen LogP contribution in [0.25, 0.3) is 11.2 Å². The van der Waals surface area contributed by atoms with Gasteiger partial charge in [0.15, 0.2) is 11.5 Å². The molecule has 0 aliphatic heterocycles. The minimum Gasteiger partial charge on any atom is -0.494 e. The summed E-state index contributed by atoms with van der Waals surface area (Å²) in [7, 11) is 1.63. The molecule has 1 aromatic carbocycles. The van der Waals surface area contributed by atoms with Crippen molar-refractivity contribution in [3.63, 3.8) is 0 Å². The van der Waals surface area contributed by atoms with Crippen LogP contribution in [0.2, 0.25) is 0 Å². The lowest BCUT2D eigenvalue weighted by Crippen LogP contribution is -2.15. The van der Waals surface area contributed by atoms with E-state index in [-0.39, 0.29) is 17.9 Å². The Labute approximate surface area is 211 Å². The third-order valence-corrected chi connectivity index (χ3v) is 6.24. The number of rotatable bonds is 11. The molecule has 1 fully saturated rings. The molecule has 3 aromatic rings. The predicted molar refractivity (Wildman–Crippen MR) is 145 cm³/mol. The fourth-order valence-corrected chi connectivity index (χ4v) is 4.15. The van der Waals surface area contributed by atoms with Gasteiger partial charge in [-0.15, -0.1) is 5.10 Å². The number of fused-ring (bicyclic) bond motifs is 1. The summed E-state index contributed by atoms with van der Waals surface area (Å²) >= 11 is 0. The lowest BCUT2D eigenvalue weighted by atomic mass is 10.0. The van der Waals surface area contributed by atoms with Crippen LogP contribution in [0, 0.1) is 12.8 Å². The van der Waals surface area contributed by atoms with Gasteiger partial charge in [-0.1, -0.05) is 32.4 Å². The van der Waals surface area contributed by atoms with Gasteiger partial charge < -0.3 is 21.1 Å². The van der Waals surface area contributed by atoms with E-state index in [1.807, 2.05) is 37.5 Å². The number of imidazole rings is 1. The molecular weight excluding hydrogens is 454 g/mol. The molecule has 0 saturated heterocycles. The van der Waals surface area contributed by atoms with Crippen molar-refractivity contribution in [1.82, 2.24) is 14.6 Å². The smallest absolute Gasteiger partial charge is 0.228 e. The van der Waals surface area contributed by atoms with E-state index < -0.39 is 0 Å². The van der Waals surface area contributed by atoms with Crippen molar-refractivity contribution in [2.75, 3.05) is 17.7 Å². The van der Waals surface area contributed by atoms with Crippen LogP contribution in [0.3, 0.4) is 0 Å². The summed E-state index contributed by atoms with van der Waals surface area (Å²) < 4.78 is 7.50. The Morgan fingerprint density at radius 3 is 2.81 bits per heavy atom. The zero-order valence-corrected chi connectivity index (χ0v) is 21.4. The minimum absolute atomic E-state index is 0.00492. The number of benzene rings is 1. The normalized spacial score (nSPS) is 14.8. The molecule has 4 N–H and O–H groups in total. The number of hydrogen-bond donors (Lipinski definition) is 3. The van der Waals surface area contributed by atoms with Crippen molar-refractivity contribution in [3.05, 3.63) is 47.9 Å². The lowest BCUT2D eigenvalue weighted by molar-refractivity contribution is -0.117. The van der Waals surface area contributed by atoms with Crippen molar-refractivity contribution >= 4 is 40.5 Å². The molecule has 9 heteroatoms. The number of nitrogens with zero attached hydrogens (tertiary/aromatic N) is 4. The number of ether oxygens (including phenoxy) is 1. The van der Waals surface area contributed by atoms with Crippen LogP contribution < -0.4 is 21.1 Å². The van der Waals surface area contributed by atoms with Crippen molar-refractivity contribution in [3.8, 4) is 5.75 Å². The number of anilines is 3. The first-order chi connectivity index (χ1) is 17.5. The Morgan fingerprint density at radius 1 is 1.33 bits per heavy atom. The average Bonchev–Trinajstić information content (AvgIpc) is 3.65. The standard InChI is InChI=1S/C27H35N7O2/c1-5-8-20(6-2)29-15-19(14-28)21-9-7-10-22(25(21)36-4)31-23-13-24(32-27(35)18-11-12-18)33-34-16-17(3)30-26(23)34/h7,9-10,13-16,18,20,31H,5-6,8,11-12,28H2,1-4H3,(H,32,33,35)/b19-14+,29-15?. The number of allylic oxidation sites excluding steroid dienone is 1. The predicted octanol–water partition coefficient (Wildman–Crippen LogP) is 5.09. The van der Waals surface area contributed by atoms with Crippen LogP contribution in [0.15, 0.2) is 41.7 Å². The van der Waals surface area contributed by atoms with E-state index in [4.69, 9.17) is 15.5 Å². The first kappa shape index (κ1) is 25.2. The van der Waals surface area contributed by atoms with E-state index in [0.717, 1.165) is 54.6 Å². The third-order valence-electron chi connectivity index (χ3n) is 6.24. The number of aromatic nitrogens is 3. The highest BCUT2D eigenvalue weighted by atomic mass is 16.5. The number of methoxy groups -OCH3 is 1. The van der Waals surface area contributed by atoms with Gasteiger partial charge in [-0.25, -0.2) is 9.50 Å².